The van der Waals surface area contributed by atoms with Crippen molar-refractivity contribution in [3.8, 4) is 0 Å². The molecule has 2 aromatic rings. The van der Waals surface area contributed by atoms with Crippen LogP contribution in [0, 0.1) is 0 Å². The Labute approximate surface area is 152 Å². The molecule has 0 unspecified atom stereocenters. The molecule has 0 radical (unpaired) electrons. The molecule has 0 bridgehead atoms. The third-order valence-corrected chi connectivity index (χ3v) is 5.59. The predicted molar refractivity (Wildman–Crippen MR) is 100 cm³/mol. The average Bonchev–Trinajstić information content (AvgIpc) is 2.67. The van der Waals surface area contributed by atoms with E-state index in [-0.39, 0.29) is 30.0 Å². The molecule has 1 amide bonds. The van der Waals surface area contributed by atoms with E-state index in [0.717, 1.165) is 31.4 Å². The van der Waals surface area contributed by atoms with Crippen molar-refractivity contribution < 1.29 is 9.53 Å². The number of ether oxygens (including phenoxy) is 1. The zero-order chi connectivity index (χ0) is 18.1. The number of hydrogen-bond donors (Lipinski definition) is 1. The van der Waals surface area contributed by atoms with E-state index in [0.29, 0.717) is 24.2 Å². The van der Waals surface area contributed by atoms with Gasteiger partial charge in [-0.3, -0.25) is 9.59 Å². The summed E-state index contributed by atoms with van der Waals surface area (Å²) in [5.41, 5.74) is 0.533. The highest BCUT2D eigenvalue weighted by Gasteiger charge is 2.38. The van der Waals surface area contributed by atoms with Crippen LogP contribution in [0.25, 0.3) is 10.8 Å². The lowest BCUT2D eigenvalue weighted by molar-refractivity contribution is -0.151. The molecule has 6 nitrogen and oxygen atoms in total. The molecule has 2 aliphatic rings. The van der Waals surface area contributed by atoms with E-state index in [1.807, 2.05) is 29.2 Å². The van der Waals surface area contributed by atoms with Gasteiger partial charge in [0, 0.05) is 30.7 Å². The van der Waals surface area contributed by atoms with E-state index in [1.165, 1.54) is 0 Å². The molecule has 26 heavy (non-hydrogen) atoms. The molecule has 2 fully saturated rings. The average molecular weight is 355 g/mol. The zero-order valence-corrected chi connectivity index (χ0v) is 15.1. The zero-order valence-electron chi connectivity index (χ0n) is 15.1. The van der Waals surface area contributed by atoms with Crippen LogP contribution in [-0.4, -0.2) is 65.6 Å². The molecule has 1 N–H and O–H groups in total. The fourth-order valence-corrected chi connectivity index (χ4v) is 4.16. The molecule has 0 aliphatic carbocycles. The minimum absolute atomic E-state index is 0.0622. The largest absolute Gasteiger partial charge is 0.374 e. The van der Waals surface area contributed by atoms with Gasteiger partial charge in [0.2, 0.25) is 5.91 Å². The van der Waals surface area contributed by atoms with Gasteiger partial charge in [-0.2, -0.15) is 0 Å². The minimum atomic E-state index is -0.138. The Morgan fingerprint density at radius 1 is 1.31 bits per heavy atom. The van der Waals surface area contributed by atoms with Gasteiger partial charge in [-0.05, 0) is 30.5 Å². The fourth-order valence-electron chi connectivity index (χ4n) is 4.16. The Bertz CT molecular complexity index is 863. The first-order valence-electron chi connectivity index (χ1n) is 9.40. The molecule has 6 heteroatoms. The third-order valence-electron chi connectivity index (χ3n) is 5.59. The Morgan fingerprint density at radius 3 is 3.00 bits per heavy atom. The molecular weight excluding hydrogens is 330 g/mol. The van der Waals surface area contributed by atoms with Crippen molar-refractivity contribution in [2.24, 2.45) is 0 Å². The maximum Gasteiger partial charge on any atom is 0.256 e. The number of piperidine rings is 1. The molecular formula is C20H25N3O3. The highest BCUT2D eigenvalue weighted by atomic mass is 16.5. The molecule has 0 spiro atoms. The number of carbonyl (C=O) groups is 1. The van der Waals surface area contributed by atoms with Crippen LogP contribution >= 0.6 is 0 Å². The number of rotatable bonds is 3. The number of likely N-dealkylation sites (tertiary alicyclic amines) is 1. The number of morpholine rings is 1. The quantitative estimate of drug-likeness (QED) is 0.904. The number of fused-ring (bicyclic) bond motifs is 2. The van der Waals surface area contributed by atoms with E-state index in [2.05, 4.69) is 16.8 Å². The fraction of sp³-hybridized carbons (Fsp3) is 0.500. The molecule has 2 aliphatic heterocycles. The smallest absolute Gasteiger partial charge is 0.256 e. The molecule has 138 valence electrons. The molecule has 0 saturated carbocycles. The number of hydrogen-bond acceptors (Lipinski definition) is 4. The van der Waals surface area contributed by atoms with Crippen molar-refractivity contribution >= 4 is 16.7 Å². The SMILES string of the molecule is CCN1CC[C@H]2OCCN(C(=O)Cc3cc4ccccc4c(=O)[nH]3)[C@H]2C1. The minimum Gasteiger partial charge on any atom is -0.374 e. The summed E-state index contributed by atoms with van der Waals surface area (Å²) in [7, 11) is 0. The second-order valence-corrected chi connectivity index (χ2v) is 7.13. The van der Waals surface area contributed by atoms with Gasteiger partial charge in [0.25, 0.3) is 5.56 Å². The molecule has 4 rings (SSSR count). The number of likely N-dealkylation sites (N-methyl/N-ethyl adjacent to an activating group) is 1. The molecule has 3 heterocycles. The van der Waals surface area contributed by atoms with Gasteiger partial charge >= 0.3 is 0 Å². The summed E-state index contributed by atoms with van der Waals surface area (Å²) in [6, 6.07) is 9.47. The van der Waals surface area contributed by atoms with Crippen LogP contribution in [0.15, 0.2) is 35.1 Å². The number of aromatic amines is 1. The molecule has 2 atom stereocenters. The standard InChI is InChI=1S/C20H25N3O3/c1-2-22-8-7-18-17(13-22)23(9-10-26-18)19(24)12-15-11-14-5-3-4-6-16(14)20(25)21-15/h3-6,11,17-18H,2,7-10,12-13H2,1H3,(H,21,25)/t17-,18+/m0/s1. The predicted octanol–water partition coefficient (Wildman–Crippen LogP) is 1.39. The first-order chi connectivity index (χ1) is 12.7. The number of aromatic nitrogens is 1. The van der Waals surface area contributed by atoms with Crippen LogP contribution in [0.1, 0.15) is 19.0 Å². The Kier molecular flexibility index (Phi) is 4.78. The van der Waals surface area contributed by atoms with Gasteiger partial charge in [-0.1, -0.05) is 25.1 Å². The van der Waals surface area contributed by atoms with Crippen LogP contribution in [-0.2, 0) is 16.0 Å². The molecule has 1 aromatic heterocycles. The van der Waals surface area contributed by atoms with E-state index in [9.17, 15) is 9.59 Å². The first kappa shape index (κ1) is 17.2. The number of nitrogens with one attached hydrogen (secondary N) is 1. The van der Waals surface area contributed by atoms with Crippen molar-refractivity contribution in [2.45, 2.75) is 31.9 Å². The lowest BCUT2D eigenvalue weighted by Crippen LogP contribution is -2.61. The van der Waals surface area contributed by atoms with E-state index in [1.54, 1.807) is 6.07 Å². The maximum atomic E-state index is 13.0. The van der Waals surface area contributed by atoms with Crippen LogP contribution in [0.4, 0.5) is 0 Å². The lowest BCUT2D eigenvalue weighted by Gasteiger charge is -2.47. The monoisotopic (exact) mass is 355 g/mol. The molecule has 1 aromatic carbocycles. The number of H-pyrrole nitrogens is 1. The summed E-state index contributed by atoms with van der Waals surface area (Å²) in [5, 5.41) is 1.52. The normalized spacial score (nSPS) is 23.8. The van der Waals surface area contributed by atoms with Crippen molar-refractivity contribution in [3.63, 3.8) is 0 Å². The van der Waals surface area contributed by atoms with Gasteiger partial charge in [-0.25, -0.2) is 0 Å². The van der Waals surface area contributed by atoms with Gasteiger partial charge in [-0.15, -0.1) is 0 Å². The summed E-state index contributed by atoms with van der Waals surface area (Å²) in [6.45, 7) is 6.24. The van der Waals surface area contributed by atoms with E-state index in [4.69, 9.17) is 4.74 Å². The number of pyridine rings is 1. The number of amides is 1. The van der Waals surface area contributed by atoms with Gasteiger partial charge < -0.3 is 19.5 Å². The summed E-state index contributed by atoms with van der Waals surface area (Å²) in [5.74, 6) is 0.0622. The van der Waals surface area contributed by atoms with Crippen molar-refractivity contribution in [1.82, 2.24) is 14.8 Å². The Balaban J connectivity index is 1.54. The Morgan fingerprint density at radius 2 is 2.15 bits per heavy atom. The van der Waals surface area contributed by atoms with Crippen molar-refractivity contribution in [2.75, 3.05) is 32.8 Å². The summed E-state index contributed by atoms with van der Waals surface area (Å²) in [4.78, 5) is 32.5. The van der Waals surface area contributed by atoms with Crippen LogP contribution in [0.5, 0.6) is 0 Å². The summed E-state index contributed by atoms with van der Waals surface area (Å²) < 4.78 is 5.90. The summed E-state index contributed by atoms with van der Waals surface area (Å²) in [6.07, 6.45) is 1.32. The molecule has 2 saturated heterocycles. The maximum absolute atomic E-state index is 13.0. The number of benzene rings is 1. The van der Waals surface area contributed by atoms with Gasteiger partial charge in [0.05, 0.1) is 25.2 Å². The Hall–Kier alpha value is -2.18. The van der Waals surface area contributed by atoms with Crippen molar-refractivity contribution in [1.29, 1.82) is 0 Å². The second-order valence-electron chi connectivity index (χ2n) is 7.13. The summed E-state index contributed by atoms with van der Waals surface area (Å²) >= 11 is 0. The number of carbonyl (C=O) groups excluding carboxylic acids is 1. The van der Waals surface area contributed by atoms with Gasteiger partial charge in [0.15, 0.2) is 0 Å². The second kappa shape index (κ2) is 7.21. The van der Waals surface area contributed by atoms with Crippen molar-refractivity contribution in [3.05, 3.63) is 46.4 Å². The highest BCUT2D eigenvalue weighted by Crippen LogP contribution is 2.24. The van der Waals surface area contributed by atoms with E-state index < -0.39 is 0 Å². The third kappa shape index (κ3) is 3.27. The van der Waals surface area contributed by atoms with Crippen LogP contribution < -0.4 is 5.56 Å². The van der Waals surface area contributed by atoms with Crippen LogP contribution in [0.3, 0.4) is 0 Å². The van der Waals surface area contributed by atoms with E-state index >= 15 is 0 Å². The number of nitrogens with zero attached hydrogens (tertiary/aromatic N) is 2. The van der Waals surface area contributed by atoms with Gasteiger partial charge in [0.1, 0.15) is 0 Å². The van der Waals surface area contributed by atoms with Crippen LogP contribution in [0.2, 0.25) is 0 Å². The first-order valence-corrected chi connectivity index (χ1v) is 9.40. The topological polar surface area (TPSA) is 65.6 Å². The lowest BCUT2D eigenvalue weighted by atomic mass is 9.98. The highest BCUT2D eigenvalue weighted by molar-refractivity contribution is 5.84.